The number of methoxy groups -OCH3 is 1. The number of hydrogen-bond acceptors (Lipinski definition) is 5. The van der Waals surface area contributed by atoms with E-state index in [1.165, 1.54) is 4.88 Å². The lowest BCUT2D eigenvalue weighted by Crippen LogP contribution is -2.48. The van der Waals surface area contributed by atoms with Gasteiger partial charge in [-0.05, 0) is 60.2 Å². The van der Waals surface area contributed by atoms with Crippen molar-refractivity contribution in [1.82, 2.24) is 9.80 Å². The summed E-state index contributed by atoms with van der Waals surface area (Å²) < 4.78 is 11.4. The average molecular weight is 528 g/mol. The molecule has 1 aromatic heterocycles. The van der Waals surface area contributed by atoms with Crippen molar-refractivity contribution in [2.75, 3.05) is 38.7 Å². The van der Waals surface area contributed by atoms with Gasteiger partial charge in [0, 0.05) is 34.7 Å². The summed E-state index contributed by atoms with van der Waals surface area (Å²) in [6, 6.07) is 15.9. The first-order valence-corrected chi connectivity index (χ1v) is 13.2. The maximum atomic E-state index is 13.6. The van der Waals surface area contributed by atoms with E-state index >= 15 is 0 Å². The van der Waals surface area contributed by atoms with Crippen LogP contribution in [0.3, 0.4) is 0 Å². The molecule has 0 radical (unpaired) electrons. The molecule has 4 rings (SSSR count). The third-order valence-corrected chi connectivity index (χ3v) is 7.28. The largest absolute Gasteiger partial charge is 0.497 e. The number of urea groups is 1. The number of carbonyl (C=O) groups is 2. The van der Waals surface area contributed by atoms with E-state index in [1.54, 1.807) is 47.6 Å². The first-order valence-electron chi connectivity index (χ1n) is 11.9. The number of amides is 3. The number of hydrogen-bond donors (Lipinski definition) is 1. The Labute approximate surface area is 220 Å². The smallest absolute Gasteiger partial charge is 0.322 e. The zero-order valence-electron chi connectivity index (χ0n) is 20.4. The van der Waals surface area contributed by atoms with Crippen LogP contribution in [0.25, 0.3) is 0 Å². The van der Waals surface area contributed by atoms with Crippen LogP contribution in [0.2, 0.25) is 5.02 Å². The van der Waals surface area contributed by atoms with E-state index in [0.29, 0.717) is 41.9 Å². The summed E-state index contributed by atoms with van der Waals surface area (Å²) in [6.07, 6.45) is 1.52. The third-order valence-electron chi connectivity index (χ3n) is 6.05. The SMILES string of the molecule is CCCN(CC(=O)N1CCc2sccc2[C@@H]1COc1cccc(OC)c1)C(=O)Nc1cccc(Cl)c1. The van der Waals surface area contributed by atoms with Gasteiger partial charge in [-0.15, -0.1) is 11.3 Å². The highest BCUT2D eigenvalue weighted by Gasteiger charge is 2.33. The maximum absolute atomic E-state index is 13.6. The first kappa shape index (κ1) is 25.9. The predicted molar refractivity (Wildman–Crippen MR) is 143 cm³/mol. The molecular weight excluding hydrogens is 498 g/mol. The Morgan fingerprint density at radius 3 is 2.75 bits per heavy atom. The minimum atomic E-state index is -0.329. The zero-order chi connectivity index (χ0) is 25.5. The van der Waals surface area contributed by atoms with Crippen LogP contribution < -0.4 is 14.8 Å². The highest BCUT2D eigenvalue weighted by Crippen LogP contribution is 2.34. The number of benzene rings is 2. The van der Waals surface area contributed by atoms with E-state index in [1.807, 2.05) is 36.1 Å². The summed E-state index contributed by atoms with van der Waals surface area (Å²) in [5.41, 5.74) is 1.69. The standard InChI is InChI=1S/C27H30ClN3O4S/c1-3-12-30(27(33)29-20-7-4-6-19(28)15-20)17-26(32)31-13-10-25-23(11-14-36-25)24(31)18-35-22-9-5-8-21(16-22)34-2/h4-9,11,14-16,24H,3,10,12-13,17-18H2,1-2H3,(H,29,33)/t24-/m0/s1. The fourth-order valence-corrected chi connectivity index (χ4v) is 5.40. The highest BCUT2D eigenvalue weighted by molar-refractivity contribution is 7.10. The van der Waals surface area contributed by atoms with Gasteiger partial charge in [0.1, 0.15) is 24.7 Å². The van der Waals surface area contributed by atoms with Gasteiger partial charge in [0.05, 0.1) is 13.2 Å². The number of nitrogens with one attached hydrogen (secondary N) is 1. The molecule has 190 valence electrons. The van der Waals surface area contributed by atoms with Crippen molar-refractivity contribution >= 4 is 40.6 Å². The number of rotatable bonds is 9. The molecule has 9 heteroatoms. The van der Waals surface area contributed by atoms with Gasteiger partial charge >= 0.3 is 6.03 Å². The van der Waals surface area contributed by atoms with Crippen LogP contribution in [0.15, 0.2) is 60.0 Å². The van der Waals surface area contributed by atoms with Crippen LogP contribution in [-0.4, -0.2) is 55.1 Å². The Morgan fingerprint density at radius 1 is 1.17 bits per heavy atom. The van der Waals surface area contributed by atoms with Crippen LogP contribution in [0.5, 0.6) is 11.5 Å². The van der Waals surface area contributed by atoms with Crippen molar-refractivity contribution in [3.63, 3.8) is 0 Å². The molecule has 0 unspecified atom stereocenters. The number of thiophene rings is 1. The number of ether oxygens (including phenoxy) is 2. The first-order chi connectivity index (χ1) is 17.5. The minimum Gasteiger partial charge on any atom is -0.497 e. The van der Waals surface area contributed by atoms with Gasteiger partial charge in [-0.25, -0.2) is 4.79 Å². The molecule has 2 heterocycles. The quantitative estimate of drug-likeness (QED) is 0.378. The van der Waals surface area contributed by atoms with Crippen LogP contribution in [0.4, 0.5) is 10.5 Å². The molecule has 1 aliphatic heterocycles. The Bertz CT molecular complexity index is 1200. The number of carbonyl (C=O) groups excluding carboxylic acids is 2. The molecule has 1 N–H and O–H groups in total. The van der Waals surface area contributed by atoms with Crippen molar-refractivity contribution in [3.8, 4) is 11.5 Å². The molecule has 0 bridgehead atoms. The molecule has 1 aliphatic rings. The van der Waals surface area contributed by atoms with Gasteiger partial charge < -0.3 is 24.6 Å². The summed E-state index contributed by atoms with van der Waals surface area (Å²) in [5, 5.41) is 5.44. The second-order valence-corrected chi connectivity index (χ2v) is 9.94. The van der Waals surface area contributed by atoms with E-state index in [-0.39, 0.29) is 24.5 Å². The van der Waals surface area contributed by atoms with Crippen LogP contribution >= 0.6 is 22.9 Å². The van der Waals surface area contributed by atoms with Crippen molar-refractivity contribution in [2.24, 2.45) is 0 Å². The zero-order valence-corrected chi connectivity index (χ0v) is 22.0. The van der Waals surface area contributed by atoms with Crippen molar-refractivity contribution in [1.29, 1.82) is 0 Å². The molecule has 2 aromatic carbocycles. The summed E-state index contributed by atoms with van der Waals surface area (Å²) in [6.45, 7) is 3.31. The van der Waals surface area contributed by atoms with Crippen molar-refractivity contribution in [3.05, 3.63) is 75.4 Å². The third kappa shape index (κ3) is 6.30. The van der Waals surface area contributed by atoms with Crippen LogP contribution in [0, 0.1) is 0 Å². The van der Waals surface area contributed by atoms with Gasteiger partial charge in [-0.2, -0.15) is 0 Å². The summed E-state index contributed by atoms with van der Waals surface area (Å²) >= 11 is 7.75. The Kier molecular flexibility index (Phi) is 8.72. The van der Waals surface area contributed by atoms with Gasteiger partial charge in [0.25, 0.3) is 0 Å². The maximum Gasteiger partial charge on any atom is 0.322 e. The molecule has 3 amide bonds. The van der Waals surface area contributed by atoms with Gasteiger partial charge in [0.2, 0.25) is 5.91 Å². The van der Waals surface area contributed by atoms with E-state index in [2.05, 4.69) is 16.8 Å². The lowest BCUT2D eigenvalue weighted by Gasteiger charge is -2.37. The summed E-state index contributed by atoms with van der Waals surface area (Å²) in [5.74, 6) is 1.28. The second-order valence-electron chi connectivity index (χ2n) is 8.50. The van der Waals surface area contributed by atoms with E-state index in [9.17, 15) is 9.59 Å². The molecule has 1 atom stereocenters. The average Bonchev–Trinajstić information content (AvgIpc) is 3.36. The number of halogens is 1. The number of nitrogens with zero attached hydrogens (tertiary/aromatic N) is 2. The van der Waals surface area contributed by atoms with Gasteiger partial charge in [0.15, 0.2) is 0 Å². The Hall–Kier alpha value is -3.23. The summed E-state index contributed by atoms with van der Waals surface area (Å²) in [7, 11) is 1.61. The molecule has 0 spiro atoms. The lowest BCUT2D eigenvalue weighted by atomic mass is 10.0. The topological polar surface area (TPSA) is 71.1 Å². The molecule has 0 saturated carbocycles. The van der Waals surface area contributed by atoms with Crippen molar-refractivity contribution < 1.29 is 19.1 Å². The monoisotopic (exact) mass is 527 g/mol. The fourth-order valence-electron chi connectivity index (χ4n) is 4.29. The van der Waals surface area contributed by atoms with Crippen molar-refractivity contribution in [2.45, 2.75) is 25.8 Å². The molecule has 3 aromatic rings. The van der Waals surface area contributed by atoms with Gasteiger partial charge in [-0.3, -0.25) is 4.79 Å². The molecule has 0 saturated heterocycles. The Morgan fingerprint density at radius 2 is 1.97 bits per heavy atom. The Balaban J connectivity index is 1.48. The minimum absolute atomic E-state index is 0.0185. The van der Waals surface area contributed by atoms with E-state index in [0.717, 1.165) is 18.4 Å². The molecular formula is C27H30ClN3O4S. The molecule has 0 fully saturated rings. The van der Waals surface area contributed by atoms with Gasteiger partial charge in [-0.1, -0.05) is 30.7 Å². The second kappa shape index (κ2) is 12.1. The van der Waals surface area contributed by atoms with Crippen LogP contribution in [-0.2, 0) is 11.2 Å². The highest BCUT2D eigenvalue weighted by atomic mass is 35.5. The summed E-state index contributed by atoms with van der Waals surface area (Å²) in [4.78, 5) is 31.2. The number of anilines is 1. The molecule has 36 heavy (non-hydrogen) atoms. The number of fused-ring (bicyclic) bond motifs is 1. The predicted octanol–water partition coefficient (Wildman–Crippen LogP) is 5.86. The molecule has 0 aliphatic carbocycles. The van der Waals surface area contributed by atoms with Crippen LogP contribution in [0.1, 0.15) is 29.8 Å². The van der Waals surface area contributed by atoms with E-state index < -0.39 is 0 Å². The lowest BCUT2D eigenvalue weighted by molar-refractivity contribution is -0.135. The van der Waals surface area contributed by atoms with E-state index in [4.69, 9.17) is 21.1 Å². The fraction of sp³-hybridized carbons (Fsp3) is 0.333. The molecule has 7 nitrogen and oxygen atoms in total. The normalized spacial score (nSPS) is 14.6.